The quantitative estimate of drug-likeness (QED) is 0.757. The molecule has 0 bridgehead atoms. The number of ether oxygens (including phenoxy) is 1. The van der Waals surface area contributed by atoms with Gasteiger partial charge < -0.3 is 15.4 Å². The Morgan fingerprint density at radius 2 is 1.73 bits per heavy atom. The normalized spacial score (nSPS) is 10.3. The summed E-state index contributed by atoms with van der Waals surface area (Å²) in [6, 6.07) is 12.9. The fourth-order valence-electron chi connectivity index (χ4n) is 2.61. The third kappa shape index (κ3) is 5.92. The van der Waals surface area contributed by atoms with Crippen molar-refractivity contribution in [2.24, 2.45) is 0 Å². The maximum absolute atomic E-state index is 12.2. The molecule has 26 heavy (non-hydrogen) atoms. The van der Waals surface area contributed by atoms with Gasteiger partial charge in [-0.1, -0.05) is 25.1 Å². The molecule has 0 aliphatic rings. The summed E-state index contributed by atoms with van der Waals surface area (Å²) in [4.78, 5) is 24.4. The van der Waals surface area contributed by atoms with Gasteiger partial charge in [-0.2, -0.15) is 0 Å². The summed E-state index contributed by atoms with van der Waals surface area (Å²) in [6.07, 6.45) is 1.06. The zero-order valence-electron chi connectivity index (χ0n) is 15.6. The van der Waals surface area contributed by atoms with Gasteiger partial charge in [0, 0.05) is 6.54 Å². The van der Waals surface area contributed by atoms with E-state index >= 15 is 0 Å². The van der Waals surface area contributed by atoms with E-state index in [0.29, 0.717) is 17.8 Å². The van der Waals surface area contributed by atoms with Gasteiger partial charge in [-0.05, 0) is 55.7 Å². The number of nitrogens with one attached hydrogen (secondary N) is 2. The molecule has 0 unspecified atom stereocenters. The van der Waals surface area contributed by atoms with Crippen molar-refractivity contribution in [3.63, 3.8) is 0 Å². The molecule has 0 aromatic heterocycles. The highest BCUT2D eigenvalue weighted by molar-refractivity contribution is 6.03. The zero-order valence-corrected chi connectivity index (χ0v) is 15.6. The predicted molar refractivity (Wildman–Crippen MR) is 104 cm³/mol. The van der Waals surface area contributed by atoms with Gasteiger partial charge >= 0.3 is 0 Å². The summed E-state index contributed by atoms with van der Waals surface area (Å²) in [6.45, 7) is 6.88. The van der Waals surface area contributed by atoms with Crippen molar-refractivity contribution in [3.05, 3.63) is 59.2 Å². The number of anilines is 1. The van der Waals surface area contributed by atoms with Crippen LogP contribution in [0, 0.1) is 13.8 Å². The molecule has 0 aliphatic carbocycles. The van der Waals surface area contributed by atoms with E-state index in [1.165, 1.54) is 0 Å². The first-order valence-electron chi connectivity index (χ1n) is 8.87. The molecular weight excluding hydrogens is 328 g/mol. The predicted octanol–water partition coefficient (Wildman–Crippen LogP) is 3.85. The minimum absolute atomic E-state index is 0.186. The van der Waals surface area contributed by atoms with Gasteiger partial charge in [0.05, 0.1) is 24.3 Å². The molecule has 0 saturated heterocycles. The lowest BCUT2D eigenvalue weighted by molar-refractivity contribution is -0.116. The molecule has 5 heteroatoms. The molecule has 2 rings (SSSR count). The van der Waals surface area contributed by atoms with Gasteiger partial charge in [-0.25, -0.2) is 0 Å². The van der Waals surface area contributed by atoms with Crippen LogP contribution in [0.3, 0.4) is 0 Å². The van der Waals surface area contributed by atoms with E-state index in [-0.39, 0.29) is 24.8 Å². The summed E-state index contributed by atoms with van der Waals surface area (Å²) < 4.78 is 5.67. The Morgan fingerprint density at radius 3 is 2.42 bits per heavy atom. The molecule has 0 spiro atoms. The van der Waals surface area contributed by atoms with Crippen molar-refractivity contribution >= 4 is 17.5 Å². The topological polar surface area (TPSA) is 67.4 Å². The highest BCUT2D eigenvalue weighted by Gasteiger charge is 2.12. The summed E-state index contributed by atoms with van der Waals surface area (Å²) >= 11 is 0. The highest BCUT2D eigenvalue weighted by atomic mass is 16.5. The van der Waals surface area contributed by atoms with Crippen LogP contribution in [0.2, 0.25) is 0 Å². The first-order valence-corrected chi connectivity index (χ1v) is 8.87. The largest absolute Gasteiger partial charge is 0.493 e. The lowest BCUT2D eigenvalue weighted by atomic mass is 10.1. The molecule has 0 heterocycles. The third-order valence-corrected chi connectivity index (χ3v) is 3.77. The van der Waals surface area contributed by atoms with Crippen LogP contribution < -0.4 is 15.4 Å². The van der Waals surface area contributed by atoms with Gasteiger partial charge in [-0.3, -0.25) is 9.59 Å². The first kappa shape index (κ1) is 19.5. The molecule has 0 saturated carbocycles. The van der Waals surface area contributed by atoms with Gasteiger partial charge in [0.25, 0.3) is 5.91 Å². The molecule has 0 atom stereocenters. The van der Waals surface area contributed by atoms with Crippen LogP contribution in [-0.4, -0.2) is 25.0 Å². The standard InChI is InChI=1S/C21H26N2O3/c1-4-10-22-21(25)18-7-5-6-8-19(18)23-20(24)9-11-26-17-13-15(2)12-16(3)14-17/h5-8,12-14H,4,9-11H2,1-3H3,(H,22,25)(H,23,24). The molecule has 2 aromatic carbocycles. The fourth-order valence-corrected chi connectivity index (χ4v) is 2.61. The number of para-hydroxylation sites is 1. The van der Waals surface area contributed by atoms with Crippen LogP contribution in [0.4, 0.5) is 5.69 Å². The van der Waals surface area contributed by atoms with Crippen molar-refractivity contribution in [2.45, 2.75) is 33.6 Å². The summed E-state index contributed by atoms with van der Waals surface area (Å²) in [5, 5.41) is 5.62. The van der Waals surface area contributed by atoms with Crippen molar-refractivity contribution in [1.29, 1.82) is 0 Å². The Hall–Kier alpha value is -2.82. The average Bonchev–Trinajstić information content (AvgIpc) is 2.59. The monoisotopic (exact) mass is 354 g/mol. The van der Waals surface area contributed by atoms with E-state index in [0.717, 1.165) is 23.3 Å². The van der Waals surface area contributed by atoms with E-state index in [1.54, 1.807) is 24.3 Å². The second-order valence-electron chi connectivity index (χ2n) is 6.27. The Kier molecular flexibility index (Phi) is 7.21. The first-order chi connectivity index (χ1) is 12.5. The Labute approximate surface area is 154 Å². The molecule has 2 amide bonds. The Bertz CT molecular complexity index is 751. The number of carbonyl (C=O) groups is 2. The molecule has 2 N–H and O–H groups in total. The maximum atomic E-state index is 12.2. The number of aryl methyl sites for hydroxylation is 2. The van der Waals surface area contributed by atoms with Crippen LogP contribution in [-0.2, 0) is 4.79 Å². The van der Waals surface area contributed by atoms with Crippen molar-refractivity contribution < 1.29 is 14.3 Å². The Morgan fingerprint density at radius 1 is 1.04 bits per heavy atom. The van der Waals surface area contributed by atoms with Crippen LogP contribution in [0.5, 0.6) is 5.75 Å². The fraction of sp³-hybridized carbons (Fsp3) is 0.333. The number of carbonyl (C=O) groups excluding carboxylic acids is 2. The smallest absolute Gasteiger partial charge is 0.253 e. The minimum Gasteiger partial charge on any atom is -0.493 e. The number of benzene rings is 2. The highest BCUT2D eigenvalue weighted by Crippen LogP contribution is 2.17. The SMILES string of the molecule is CCCNC(=O)c1ccccc1NC(=O)CCOc1cc(C)cc(C)c1. The number of rotatable bonds is 8. The lowest BCUT2D eigenvalue weighted by Crippen LogP contribution is -2.26. The van der Waals surface area contributed by atoms with Crippen molar-refractivity contribution in [2.75, 3.05) is 18.5 Å². The molecule has 0 fully saturated rings. The number of amides is 2. The second-order valence-corrected chi connectivity index (χ2v) is 6.27. The molecule has 0 radical (unpaired) electrons. The van der Waals surface area contributed by atoms with Gasteiger partial charge in [0.15, 0.2) is 0 Å². The van der Waals surface area contributed by atoms with E-state index in [1.807, 2.05) is 32.9 Å². The molecule has 138 valence electrons. The molecule has 0 aliphatic heterocycles. The van der Waals surface area contributed by atoms with Gasteiger partial charge in [-0.15, -0.1) is 0 Å². The van der Waals surface area contributed by atoms with Crippen LogP contribution in [0.1, 0.15) is 41.3 Å². The van der Waals surface area contributed by atoms with Crippen molar-refractivity contribution in [3.8, 4) is 5.75 Å². The molecular formula is C21H26N2O3. The van der Waals surface area contributed by atoms with E-state index in [4.69, 9.17) is 4.74 Å². The van der Waals surface area contributed by atoms with Crippen LogP contribution in [0.25, 0.3) is 0 Å². The molecule has 5 nitrogen and oxygen atoms in total. The maximum Gasteiger partial charge on any atom is 0.253 e. The van der Waals surface area contributed by atoms with Crippen LogP contribution in [0.15, 0.2) is 42.5 Å². The van der Waals surface area contributed by atoms with Crippen molar-refractivity contribution in [1.82, 2.24) is 5.32 Å². The lowest BCUT2D eigenvalue weighted by Gasteiger charge is -2.12. The second kappa shape index (κ2) is 9.61. The van der Waals surface area contributed by atoms with Crippen LogP contribution >= 0.6 is 0 Å². The van der Waals surface area contributed by atoms with E-state index < -0.39 is 0 Å². The minimum atomic E-state index is -0.190. The van der Waals surface area contributed by atoms with E-state index in [9.17, 15) is 9.59 Å². The average molecular weight is 354 g/mol. The summed E-state index contributed by atoms with van der Waals surface area (Å²) in [5.74, 6) is 0.383. The number of hydrogen-bond donors (Lipinski definition) is 2. The van der Waals surface area contributed by atoms with Gasteiger partial charge in [0.1, 0.15) is 5.75 Å². The number of hydrogen-bond acceptors (Lipinski definition) is 3. The Balaban J connectivity index is 1.90. The van der Waals surface area contributed by atoms with Gasteiger partial charge in [0.2, 0.25) is 5.91 Å². The molecule has 2 aromatic rings. The summed E-state index contributed by atoms with van der Waals surface area (Å²) in [5.41, 5.74) is 3.22. The summed E-state index contributed by atoms with van der Waals surface area (Å²) in [7, 11) is 0. The van der Waals surface area contributed by atoms with E-state index in [2.05, 4.69) is 16.7 Å². The third-order valence-electron chi connectivity index (χ3n) is 3.77. The zero-order chi connectivity index (χ0) is 18.9.